The summed E-state index contributed by atoms with van der Waals surface area (Å²) in [4.78, 5) is 3.67. The van der Waals surface area contributed by atoms with Crippen LogP contribution in [0.15, 0.2) is 47.4 Å². The summed E-state index contributed by atoms with van der Waals surface area (Å²) in [5, 5.41) is 0. The van der Waals surface area contributed by atoms with Crippen molar-refractivity contribution in [2.75, 3.05) is 11.3 Å². The summed E-state index contributed by atoms with van der Waals surface area (Å²) in [6, 6.07) is 8.29. The molecule has 27 heavy (non-hydrogen) atoms. The Labute approximate surface area is 155 Å². The smallest absolute Gasteiger partial charge is 0.375 e. The number of halogens is 3. The fourth-order valence-corrected chi connectivity index (χ4v) is 3.53. The lowest BCUT2D eigenvalue weighted by Crippen LogP contribution is -2.15. The molecule has 1 N–H and O–H groups in total. The zero-order chi connectivity index (χ0) is 19.5. The van der Waals surface area contributed by atoms with Crippen molar-refractivity contribution in [3.8, 4) is 0 Å². The van der Waals surface area contributed by atoms with E-state index in [0.29, 0.717) is 18.4 Å². The lowest BCUT2D eigenvalue weighted by Gasteiger charge is -2.11. The molecule has 0 unspecified atom stereocenters. The summed E-state index contributed by atoms with van der Waals surface area (Å²) >= 11 is 0. The maximum atomic E-state index is 12.8. The van der Waals surface area contributed by atoms with Gasteiger partial charge >= 0.3 is 6.18 Å². The number of ether oxygens (including phenoxy) is 1. The summed E-state index contributed by atoms with van der Waals surface area (Å²) in [5.41, 5.74) is -0.494. The molecule has 0 aliphatic heterocycles. The first-order valence-corrected chi connectivity index (χ1v) is 9.96. The van der Waals surface area contributed by atoms with Gasteiger partial charge < -0.3 is 4.74 Å². The van der Waals surface area contributed by atoms with Crippen molar-refractivity contribution in [1.82, 2.24) is 4.98 Å². The molecule has 0 spiro atoms. The Kier molecular flexibility index (Phi) is 5.71. The van der Waals surface area contributed by atoms with Crippen molar-refractivity contribution in [3.63, 3.8) is 0 Å². The topological polar surface area (TPSA) is 68.3 Å². The standard InChI is InChI=1S/C18H19F3N2O3S/c19-18(20,21)14-3-1-5-16(11-14)27(24,25)23-17-6-2-4-15(22-17)12-26-10-9-13-7-8-13/h1-6,11,13H,7-10,12H2,(H,22,23). The normalized spacial score (nSPS) is 14.9. The van der Waals surface area contributed by atoms with E-state index in [0.717, 1.165) is 30.5 Å². The van der Waals surface area contributed by atoms with E-state index < -0.39 is 26.7 Å². The van der Waals surface area contributed by atoms with Crippen LogP contribution in [-0.4, -0.2) is 20.0 Å². The molecule has 0 radical (unpaired) electrons. The lowest BCUT2D eigenvalue weighted by molar-refractivity contribution is -0.137. The van der Waals surface area contributed by atoms with Gasteiger partial charge in [-0.1, -0.05) is 25.0 Å². The van der Waals surface area contributed by atoms with Gasteiger partial charge in [-0.2, -0.15) is 13.2 Å². The first-order chi connectivity index (χ1) is 12.7. The number of hydrogen-bond acceptors (Lipinski definition) is 4. The van der Waals surface area contributed by atoms with Crippen LogP contribution >= 0.6 is 0 Å². The molecule has 9 heteroatoms. The van der Waals surface area contributed by atoms with Crippen molar-refractivity contribution in [2.45, 2.75) is 36.9 Å². The van der Waals surface area contributed by atoms with Crippen LogP contribution in [0.5, 0.6) is 0 Å². The summed E-state index contributed by atoms with van der Waals surface area (Å²) < 4.78 is 70.9. The lowest BCUT2D eigenvalue weighted by atomic mass is 10.2. The van der Waals surface area contributed by atoms with Crippen LogP contribution < -0.4 is 4.72 Å². The average Bonchev–Trinajstić information content (AvgIpc) is 3.42. The highest BCUT2D eigenvalue weighted by Gasteiger charge is 2.31. The van der Waals surface area contributed by atoms with E-state index in [4.69, 9.17) is 4.74 Å². The van der Waals surface area contributed by atoms with Crippen LogP contribution in [-0.2, 0) is 27.5 Å². The van der Waals surface area contributed by atoms with Crippen LogP contribution in [0.25, 0.3) is 0 Å². The molecule has 3 rings (SSSR count). The predicted octanol–water partition coefficient (Wildman–Crippen LogP) is 4.22. The number of nitrogens with zero attached hydrogens (tertiary/aromatic N) is 1. The molecule has 1 fully saturated rings. The number of sulfonamides is 1. The zero-order valence-electron chi connectivity index (χ0n) is 14.4. The number of pyridine rings is 1. The number of benzene rings is 1. The molecule has 0 saturated heterocycles. The third-order valence-corrected chi connectivity index (χ3v) is 5.49. The fraction of sp³-hybridized carbons (Fsp3) is 0.389. The van der Waals surface area contributed by atoms with Gasteiger partial charge in [-0.25, -0.2) is 13.4 Å². The Morgan fingerprint density at radius 1 is 1.15 bits per heavy atom. The Morgan fingerprint density at radius 3 is 2.59 bits per heavy atom. The maximum absolute atomic E-state index is 12.8. The van der Waals surface area contributed by atoms with Gasteiger partial charge in [0.1, 0.15) is 5.82 Å². The van der Waals surface area contributed by atoms with E-state index in [1.165, 1.54) is 18.9 Å². The third kappa shape index (κ3) is 5.67. The summed E-state index contributed by atoms with van der Waals surface area (Å²) in [6.45, 7) is 0.860. The number of aromatic nitrogens is 1. The first-order valence-electron chi connectivity index (χ1n) is 8.48. The quantitative estimate of drug-likeness (QED) is 0.674. The molecule has 146 valence electrons. The Bertz CT molecular complexity index is 897. The molecule has 2 aromatic rings. The van der Waals surface area contributed by atoms with Crippen molar-refractivity contribution in [1.29, 1.82) is 0 Å². The molecule has 0 atom stereocenters. The van der Waals surface area contributed by atoms with Crippen LogP contribution in [0.1, 0.15) is 30.5 Å². The number of anilines is 1. The molecule has 0 bridgehead atoms. The van der Waals surface area contributed by atoms with Gasteiger partial charge in [0.05, 0.1) is 22.8 Å². The molecule has 1 saturated carbocycles. The van der Waals surface area contributed by atoms with Gasteiger partial charge in [0.25, 0.3) is 10.0 Å². The van der Waals surface area contributed by atoms with Crippen molar-refractivity contribution < 1.29 is 26.3 Å². The molecule has 1 heterocycles. The first kappa shape index (κ1) is 19.6. The molecule has 1 aliphatic rings. The van der Waals surface area contributed by atoms with Gasteiger partial charge in [0.15, 0.2) is 0 Å². The van der Waals surface area contributed by atoms with E-state index in [1.54, 1.807) is 12.1 Å². The second-order valence-corrected chi connectivity index (χ2v) is 8.11. The van der Waals surface area contributed by atoms with Gasteiger partial charge in [-0.3, -0.25) is 4.72 Å². The number of rotatable bonds is 8. The predicted molar refractivity (Wildman–Crippen MR) is 93.5 cm³/mol. The molecule has 0 amide bonds. The highest BCUT2D eigenvalue weighted by Crippen LogP contribution is 2.32. The van der Waals surface area contributed by atoms with E-state index >= 15 is 0 Å². The Balaban J connectivity index is 1.67. The monoisotopic (exact) mass is 400 g/mol. The van der Waals surface area contributed by atoms with E-state index in [2.05, 4.69) is 9.71 Å². The van der Waals surface area contributed by atoms with Gasteiger partial charge in [-0.15, -0.1) is 0 Å². The molecule has 1 aliphatic carbocycles. The van der Waals surface area contributed by atoms with Gasteiger partial charge in [0, 0.05) is 6.61 Å². The highest BCUT2D eigenvalue weighted by molar-refractivity contribution is 7.92. The Morgan fingerprint density at radius 2 is 1.89 bits per heavy atom. The number of hydrogen-bond donors (Lipinski definition) is 1. The van der Waals surface area contributed by atoms with Crippen LogP contribution in [0, 0.1) is 5.92 Å². The summed E-state index contributed by atoms with van der Waals surface area (Å²) in [7, 11) is -4.19. The van der Waals surface area contributed by atoms with Crippen molar-refractivity contribution in [2.24, 2.45) is 5.92 Å². The maximum Gasteiger partial charge on any atom is 0.416 e. The van der Waals surface area contributed by atoms with E-state index in [-0.39, 0.29) is 12.4 Å². The third-order valence-electron chi connectivity index (χ3n) is 4.13. The minimum absolute atomic E-state index is 0.0238. The minimum Gasteiger partial charge on any atom is -0.375 e. The fourth-order valence-electron chi connectivity index (χ4n) is 2.49. The van der Waals surface area contributed by atoms with Crippen LogP contribution in [0.3, 0.4) is 0 Å². The van der Waals surface area contributed by atoms with Crippen LogP contribution in [0.2, 0.25) is 0 Å². The number of alkyl halides is 3. The summed E-state index contributed by atoms with van der Waals surface area (Å²) in [6.07, 6.45) is -1.13. The summed E-state index contributed by atoms with van der Waals surface area (Å²) in [5.74, 6) is 0.777. The molecular weight excluding hydrogens is 381 g/mol. The Hall–Kier alpha value is -2.13. The minimum atomic E-state index is -4.62. The second-order valence-electron chi connectivity index (χ2n) is 6.43. The zero-order valence-corrected chi connectivity index (χ0v) is 15.2. The molecule has 1 aromatic carbocycles. The average molecular weight is 400 g/mol. The second kappa shape index (κ2) is 7.85. The van der Waals surface area contributed by atoms with Gasteiger partial charge in [-0.05, 0) is 42.7 Å². The molecule has 5 nitrogen and oxygen atoms in total. The SMILES string of the molecule is O=S(=O)(Nc1cccc(COCCC2CC2)n1)c1cccc(C(F)(F)F)c1. The van der Waals surface area contributed by atoms with Crippen molar-refractivity contribution in [3.05, 3.63) is 53.7 Å². The highest BCUT2D eigenvalue weighted by atomic mass is 32.2. The van der Waals surface area contributed by atoms with Gasteiger partial charge in [0.2, 0.25) is 0 Å². The molecular formula is C18H19F3N2O3S. The van der Waals surface area contributed by atoms with Crippen molar-refractivity contribution >= 4 is 15.8 Å². The van der Waals surface area contributed by atoms with E-state index in [1.807, 2.05) is 0 Å². The van der Waals surface area contributed by atoms with Crippen LogP contribution in [0.4, 0.5) is 19.0 Å². The largest absolute Gasteiger partial charge is 0.416 e. The van der Waals surface area contributed by atoms with E-state index in [9.17, 15) is 21.6 Å². The number of nitrogens with one attached hydrogen (secondary N) is 1. The molecule has 1 aromatic heterocycles.